The van der Waals surface area contributed by atoms with Crippen molar-refractivity contribution in [2.45, 2.75) is 91.1 Å². The van der Waals surface area contributed by atoms with E-state index in [2.05, 4.69) is 35.5 Å². The predicted molar refractivity (Wildman–Crippen MR) is 548 cm³/mol. The molecular formula is C108H115F8N11O13S4. The molecule has 760 valence electrons. The zero-order valence-electron chi connectivity index (χ0n) is 82.2. The van der Waals surface area contributed by atoms with E-state index >= 15 is 0 Å². The van der Waals surface area contributed by atoms with E-state index in [1.165, 1.54) is 152 Å². The number of methoxy groups -OCH3 is 5. The second-order valence-electron chi connectivity index (χ2n) is 33.0. The highest BCUT2D eigenvalue weighted by molar-refractivity contribution is 7.15. The largest absolute Gasteiger partial charge is 0.395 e. The van der Waals surface area contributed by atoms with E-state index in [1.54, 1.807) is 185 Å². The average Bonchev–Trinajstić information content (AvgIpc) is 1.69. The average molecular weight is 2060 g/mol. The summed E-state index contributed by atoms with van der Waals surface area (Å²) in [5.41, 5.74) is 12.2. The molecule has 1 aliphatic heterocycles. The van der Waals surface area contributed by atoms with Gasteiger partial charge in [0.15, 0.2) is 20.0 Å². The molecule has 1 fully saturated rings. The lowest BCUT2D eigenvalue weighted by molar-refractivity contribution is 0.0545. The molecular weight excluding hydrogens is 1940 g/mol. The highest BCUT2D eigenvalue weighted by atomic mass is 32.1. The molecule has 4 N–H and O–H groups in total. The third-order valence-corrected chi connectivity index (χ3v) is 25.4. The van der Waals surface area contributed by atoms with E-state index in [0.29, 0.717) is 101 Å². The third-order valence-electron chi connectivity index (χ3n) is 21.3. The number of aromatic nitrogens is 4. The molecule has 0 aliphatic carbocycles. The van der Waals surface area contributed by atoms with Crippen molar-refractivity contribution in [1.82, 2.24) is 50.2 Å². The number of likely N-dealkylation sites (tertiary alicyclic amines) is 1. The molecule has 1 atom stereocenters. The van der Waals surface area contributed by atoms with E-state index in [0.717, 1.165) is 81.9 Å². The van der Waals surface area contributed by atoms with Gasteiger partial charge in [-0.15, -0.1) is 45.3 Å². The first-order valence-corrected chi connectivity index (χ1v) is 48.6. The van der Waals surface area contributed by atoms with Gasteiger partial charge in [-0.1, -0.05) is 55.5 Å². The van der Waals surface area contributed by atoms with Gasteiger partial charge in [0.05, 0.1) is 81.4 Å². The fourth-order valence-electron chi connectivity index (χ4n) is 14.1. The zero-order valence-corrected chi connectivity index (χ0v) is 85.5. The Morgan fingerprint density at radius 1 is 0.403 bits per heavy atom. The zero-order chi connectivity index (χ0) is 105. The number of thiazole rings is 4. The fraction of sp³-hybridized carbons (Fsp3) is 0.278. The Labute approximate surface area is 848 Å². The van der Waals surface area contributed by atoms with Gasteiger partial charge in [-0.2, -0.15) is 0 Å². The van der Waals surface area contributed by atoms with Gasteiger partial charge in [-0.05, 0) is 250 Å². The molecule has 0 saturated carbocycles. The van der Waals surface area contributed by atoms with Crippen LogP contribution in [0.5, 0.6) is 0 Å². The summed E-state index contributed by atoms with van der Waals surface area (Å²) in [4.78, 5) is 102. The Hall–Kier alpha value is -13.5. The van der Waals surface area contributed by atoms with Gasteiger partial charge >= 0.3 is 0 Å². The number of amides is 6. The first kappa shape index (κ1) is 114. The first-order chi connectivity index (χ1) is 69.0. The molecule has 0 radical (unpaired) electrons. The van der Waals surface area contributed by atoms with Crippen molar-refractivity contribution in [3.63, 3.8) is 0 Å². The minimum Gasteiger partial charge on any atom is -0.395 e. The van der Waals surface area contributed by atoms with Crippen molar-refractivity contribution in [2.75, 3.05) is 116 Å². The number of carbonyl (C=O) groups excluding carboxylic acids is 6. The van der Waals surface area contributed by atoms with Crippen LogP contribution in [0.4, 0.5) is 46.5 Å². The van der Waals surface area contributed by atoms with Gasteiger partial charge in [0.2, 0.25) is 0 Å². The van der Waals surface area contributed by atoms with E-state index in [-0.39, 0.29) is 124 Å². The Morgan fingerprint density at radius 2 is 0.743 bits per heavy atom. The van der Waals surface area contributed by atoms with Gasteiger partial charge in [-0.25, -0.2) is 55.1 Å². The second kappa shape index (κ2) is 57.1. The van der Waals surface area contributed by atoms with Crippen LogP contribution in [0.1, 0.15) is 154 Å². The van der Waals surface area contributed by atoms with Crippen LogP contribution in [-0.4, -0.2) is 208 Å². The quantitative estimate of drug-likeness (QED) is 0.0317. The summed E-state index contributed by atoms with van der Waals surface area (Å²) in [5, 5.41) is 25.1. The lowest BCUT2D eigenvalue weighted by Crippen LogP contribution is -2.40. The number of aliphatic hydroxyl groups is 2. The molecule has 10 aromatic carbocycles. The molecule has 6 amide bonds. The fourth-order valence-corrected chi connectivity index (χ4v) is 18.1. The number of carbonyl (C=O) groups is 6. The second-order valence-corrected chi connectivity index (χ2v) is 37.4. The summed E-state index contributed by atoms with van der Waals surface area (Å²) in [7, 11) is 18.1. The Morgan fingerprint density at radius 3 is 1.11 bits per heavy atom. The minimum absolute atomic E-state index is 0.00796. The van der Waals surface area contributed by atoms with Crippen LogP contribution >= 0.6 is 45.3 Å². The lowest BCUT2D eigenvalue weighted by Gasteiger charge is -2.28. The topological polar surface area (TPSA) is 281 Å². The normalized spacial score (nSPS) is 11.7. The number of rotatable bonds is 29. The van der Waals surface area contributed by atoms with E-state index in [9.17, 15) is 69.0 Å². The van der Waals surface area contributed by atoms with E-state index in [4.69, 9.17) is 28.8 Å². The van der Waals surface area contributed by atoms with Crippen molar-refractivity contribution in [1.29, 1.82) is 0 Å². The number of hydrogen-bond donors (Lipinski definition) is 4. The van der Waals surface area contributed by atoms with E-state index in [1.807, 2.05) is 76.2 Å². The standard InChI is InChI=1S/C17H19FN2O3S.C17H19FN2O.C17H18FNO2.C15H17FN2O2S.C14H12F2.C14H15FN2O3S.C14H15FN2O2S/c1-23-10-14-15(11-2-4-12(18)5-3-11)19-16(24-14)17(22)20-8-6-13(21)7-9-20;1-4-20(16-11-7-14(18)8-12-16)15-9-5-13(6-10-15)17(21)19(2)3;1-19(2)17(20)14-6-4-5-13(11-14)16(21-3)12-7-9-15(18)10-8-12;1-9(2)17-14(19)15-18-13(12(21-15)8-20-3)10-4-6-11(16)7-5-10;1-10(11-4-2-6-13(15)8-11)12-5-3-7-14(16)9-12;1-20-8-11-12(9-2-4-10(15)5-3-9)17-14(21-11)13(19)16-6-7-18;1-17(2)14(18)13-16-12(11(20-13)8-19-3)9-4-6-10(15)7-5-9/h2-5,13,21H,6-10H2,1H3;5-12H,4H2,1-3H3;4-11,16H,1-3H3;4-7,9H,8H2,1-3H3,(H,17,19);2-10H,1H3;2-5,18H,6-8H2,1H3,(H,16,19);4-7H,8H2,1-3H3. The Kier molecular flexibility index (Phi) is 45.2. The molecule has 1 saturated heterocycles. The van der Waals surface area contributed by atoms with Gasteiger partial charge in [0.1, 0.15) is 52.6 Å². The van der Waals surface area contributed by atoms with Crippen LogP contribution in [0.25, 0.3) is 45.0 Å². The summed E-state index contributed by atoms with van der Waals surface area (Å²) in [6.07, 6.45) is 0.518. The molecule has 36 heteroatoms. The molecule has 1 aliphatic rings. The maximum absolute atomic E-state index is 13.1. The molecule has 0 bridgehead atoms. The van der Waals surface area contributed by atoms with Crippen molar-refractivity contribution in [3.05, 3.63) is 362 Å². The van der Waals surface area contributed by atoms with Gasteiger partial charge in [-0.3, -0.25) is 28.8 Å². The summed E-state index contributed by atoms with van der Waals surface area (Å²) in [6, 6.07) is 64.1. The molecule has 4 aromatic heterocycles. The van der Waals surface area contributed by atoms with Crippen LogP contribution < -0.4 is 15.5 Å². The number of nitrogens with one attached hydrogen (secondary N) is 2. The van der Waals surface area contributed by atoms with Crippen LogP contribution in [0, 0.1) is 46.5 Å². The SMILES string of the molecule is CC(c1cccc(F)c1)c1cccc(F)c1.CCN(c1ccc(F)cc1)c1ccc(C(=O)N(C)C)cc1.COC(c1ccc(F)cc1)c1cccc(C(=O)N(C)C)c1.COCc1sc(C(=O)N(C)C)nc1-c1ccc(F)cc1.COCc1sc(C(=O)N2CCC(O)CC2)nc1-c1ccc(F)cc1.COCc1sc(C(=O)NC(C)C)nc1-c1ccc(F)cc1.COCc1sc(C(=O)NCCO)nc1-c1ccc(F)cc1. The molecule has 5 heterocycles. The molecule has 1 unspecified atom stereocenters. The molecule has 0 spiro atoms. The van der Waals surface area contributed by atoms with Crippen LogP contribution in [0.3, 0.4) is 0 Å². The lowest BCUT2D eigenvalue weighted by atomic mass is 9.93. The Balaban J connectivity index is 0.000000188. The monoisotopic (exact) mass is 2050 g/mol. The number of nitrogens with zero attached hydrogens (tertiary/aromatic N) is 9. The van der Waals surface area contributed by atoms with Crippen LogP contribution in [0.2, 0.25) is 0 Å². The van der Waals surface area contributed by atoms with Gasteiger partial charge in [0, 0.05) is 161 Å². The molecule has 14 aromatic rings. The number of aliphatic hydroxyl groups excluding tert-OH is 2. The number of piperidine rings is 1. The van der Waals surface area contributed by atoms with Crippen molar-refractivity contribution in [3.8, 4) is 45.0 Å². The third kappa shape index (κ3) is 33.8. The van der Waals surface area contributed by atoms with Crippen LogP contribution in [0.15, 0.2) is 243 Å². The number of benzene rings is 10. The van der Waals surface area contributed by atoms with Crippen molar-refractivity contribution < 1.29 is 97.8 Å². The predicted octanol–water partition coefficient (Wildman–Crippen LogP) is 21.6. The van der Waals surface area contributed by atoms with Crippen LogP contribution in [-0.2, 0) is 50.1 Å². The highest BCUT2D eigenvalue weighted by Gasteiger charge is 2.29. The van der Waals surface area contributed by atoms with Gasteiger partial charge < -0.3 is 69.0 Å². The molecule has 15 rings (SSSR count). The first-order valence-electron chi connectivity index (χ1n) is 45.3. The summed E-state index contributed by atoms with van der Waals surface area (Å²) in [5.74, 6) is -3.24. The minimum atomic E-state index is -0.347. The number of hydrogen-bond acceptors (Lipinski definition) is 22. The maximum Gasteiger partial charge on any atom is 0.282 e. The number of anilines is 2. The highest BCUT2D eigenvalue weighted by Crippen LogP contribution is 2.37. The summed E-state index contributed by atoms with van der Waals surface area (Å²) in [6.45, 7) is 11.0. The maximum atomic E-state index is 13.1. The van der Waals surface area contributed by atoms with Crippen molar-refractivity contribution >= 4 is 92.2 Å². The Bertz CT molecular complexity index is 6410. The number of ether oxygens (including phenoxy) is 5. The molecule has 144 heavy (non-hydrogen) atoms. The van der Waals surface area contributed by atoms with E-state index < -0.39 is 0 Å². The van der Waals surface area contributed by atoms with Gasteiger partial charge in [0.25, 0.3) is 35.4 Å². The molecule has 24 nitrogen and oxygen atoms in total. The number of halogens is 8. The van der Waals surface area contributed by atoms with Crippen molar-refractivity contribution in [2.24, 2.45) is 0 Å². The summed E-state index contributed by atoms with van der Waals surface area (Å²) >= 11 is 5.11. The smallest absolute Gasteiger partial charge is 0.282 e. The summed E-state index contributed by atoms with van der Waals surface area (Å²) < 4.78 is 130.